The first-order valence-electron chi connectivity index (χ1n) is 9.89. The number of aromatic amines is 1. The Morgan fingerprint density at radius 2 is 2.03 bits per heavy atom. The Morgan fingerprint density at radius 3 is 2.69 bits per heavy atom. The molecular formula is C20H29N5O3S. The molecule has 9 heteroatoms. The van der Waals surface area contributed by atoms with Crippen molar-refractivity contribution in [3.05, 3.63) is 29.3 Å². The van der Waals surface area contributed by atoms with E-state index in [2.05, 4.69) is 20.4 Å². The lowest BCUT2D eigenvalue weighted by Crippen LogP contribution is -2.50. The van der Waals surface area contributed by atoms with E-state index in [1.807, 2.05) is 38.3 Å². The van der Waals surface area contributed by atoms with Crippen LogP contribution in [0.4, 0.5) is 4.79 Å². The van der Waals surface area contributed by atoms with Crippen molar-refractivity contribution in [1.82, 2.24) is 25.3 Å². The smallest absolute Gasteiger partial charge is 0.410 e. The Kier molecular flexibility index (Phi) is 6.92. The van der Waals surface area contributed by atoms with Crippen LogP contribution in [-0.4, -0.2) is 76.9 Å². The lowest BCUT2D eigenvalue weighted by atomic mass is 10.2. The minimum Gasteiger partial charge on any atom is -0.444 e. The summed E-state index contributed by atoms with van der Waals surface area (Å²) in [5, 5.41) is 11.9. The summed E-state index contributed by atoms with van der Waals surface area (Å²) in [6.45, 7) is 10.1. The molecule has 0 radical (unpaired) electrons. The molecule has 1 aliphatic rings. The van der Waals surface area contributed by atoms with E-state index in [0.29, 0.717) is 25.3 Å². The van der Waals surface area contributed by atoms with Crippen LogP contribution < -0.4 is 5.32 Å². The van der Waals surface area contributed by atoms with Crippen LogP contribution in [0.15, 0.2) is 23.6 Å². The van der Waals surface area contributed by atoms with Gasteiger partial charge in [0.05, 0.1) is 10.6 Å². The van der Waals surface area contributed by atoms with Crippen molar-refractivity contribution < 1.29 is 14.3 Å². The van der Waals surface area contributed by atoms with E-state index in [0.717, 1.165) is 36.6 Å². The monoisotopic (exact) mass is 419 g/mol. The fourth-order valence-electron chi connectivity index (χ4n) is 3.07. The Balaban J connectivity index is 1.33. The van der Waals surface area contributed by atoms with Gasteiger partial charge in [0.2, 0.25) is 0 Å². The highest BCUT2D eigenvalue weighted by Gasteiger charge is 2.25. The second-order valence-corrected chi connectivity index (χ2v) is 9.01. The topological polar surface area (TPSA) is 90.6 Å². The third-order valence-corrected chi connectivity index (χ3v) is 5.46. The molecule has 0 saturated carbocycles. The molecule has 3 rings (SSSR count). The quantitative estimate of drug-likeness (QED) is 0.703. The zero-order valence-electron chi connectivity index (χ0n) is 17.2. The predicted molar refractivity (Wildman–Crippen MR) is 113 cm³/mol. The number of rotatable bonds is 6. The van der Waals surface area contributed by atoms with Gasteiger partial charge in [-0.3, -0.25) is 14.8 Å². The lowest BCUT2D eigenvalue weighted by Gasteiger charge is -2.35. The first-order valence-corrected chi connectivity index (χ1v) is 10.8. The fourth-order valence-corrected chi connectivity index (χ4v) is 3.76. The number of piperazine rings is 1. The van der Waals surface area contributed by atoms with Crippen LogP contribution in [0.3, 0.4) is 0 Å². The molecule has 0 bridgehead atoms. The number of nitrogens with one attached hydrogen (secondary N) is 2. The fraction of sp³-hybridized carbons (Fsp3) is 0.550. The zero-order valence-corrected chi connectivity index (χ0v) is 18.1. The first-order chi connectivity index (χ1) is 13.8. The van der Waals surface area contributed by atoms with Crippen molar-refractivity contribution in [2.24, 2.45) is 0 Å². The van der Waals surface area contributed by atoms with Crippen molar-refractivity contribution in [3.8, 4) is 10.6 Å². The SMILES string of the molecule is CC(C)(C)OC(=O)N1CCN(CCCNC(=O)c2cc(-c3cccs3)[nH]n2)CC1. The van der Waals surface area contributed by atoms with Crippen LogP contribution in [0, 0.1) is 0 Å². The number of hydrogen-bond acceptors (Lipinski definition) is 6. The van der Waals surface area contributed by atoms with Crippen molar-refractivity contribution in [2.75, 3.05) is 39.3 Å². The molecule has 1 saturated heterocycles. The average molecular weight is 420 g/mol. The molecular weight excluding hydrogens is 390 g/mol. The average Bonchev–Trinajstić information content (AvgIpc) is 3.35. The molecule has 1 aliphatic heterocycles. The van der Waals surface area contributed by atoms with Crippen molar-refractivity contribution >= 4 is 23.3 Å². The van der Waals surface area contributed by atoms with Gasteiger partial charge >= 0.3 is 6.09 Å². The molecule has 0 spiro atoms. The molecule has 2 N–H and O–H groups in total. The highest BCUT2D eigenvalue weighted by Crippen LogP contribution is 2.22. The molecule has 1 fully saturated rings. The predicted octanol–water partition coefficient (Wildman–Crippen LogP) is 2.81. The molecule has 0 unspecified atom stereocenters. The molecule has 2 amide bonds. The van der Waals surface area contributed by atoms with Crippen LogP contribution in [0.25, 0.3) is 10.6 Å². The Hall–Kier alpha value is -2.39. The molecule has 3 heterocycles. The molecule has 0 aromatic carbocycles. The molecule has 0 atom stereocenters. The number of thiophene rings is 1. The van der Waals surface area contributed by atoms with Gasteiger partial charge in [0.25, 0.3) is 5.91 Å². The van der Waals surface area contributed by atoms with Crippen LogP contribution in [0.5, 0.6) is 0 Å². The van der Waals surface area contributed by atoms with Crippen LogP contribution in [0.2, 0.25) is 0 Å². The van der Waals surface area contributed by atoms with E-state index < -0.39 is 5.60 Å². The highest BCUT2D eigenvalue weighted by atomic mass is 32.1. The van der Waals surface area contributed by atoms with Gasteiger partial charge in [-0.15, -0.1) is 11.3 Å². The summed E-state index contributed by atoms with van der Waals surface area (Å²) in [6, 6.07) is 5.73. The van der Waals surface area contributed by atoms with Crippen molar-refractivity contribution in [1.29, 1.82) is 0 Å². The summed E-state index contributed by atoms with van der Waals surface area (Å²) in [6.07, 6.45) is 0.603. The van der Waals surface area contributed by atoms with Gasteiger partial charge in [-0.05, 0) is 51.2 Å². The molecule has 2 aromatic rings. The number of ether oxygens (including phenoxy) is 1. The summed E-state index contributed by atoms with van der Waals surface area (Å²) in [4.78, 5) is 29.5. The third kappa shape index (κ3) is 6.30. The van der Waals surface area contributed by atoms with Crippen LogP contribution >= 0.6 is 11.3 Å². The van der Waals surface area contributed by atoms with Gasteiger partial charge in [0, 0.05) is 32.7 Å². The molecule has 2 aromatic heterocycles. The maximum Gasteiger partial charge on any atom is 0.410 e. The summed E-state index contributed by atoms with van der Waals surface area (Å²) in [5.41, 5.74) is 0.790. The maximum atomic E-state index is 12.2. The van der Waals surface area contributed by atoms with Gasteiger partial charge in [0.1, 0.15) is 5.60 Å². The molecule has 0 aliphatic carbocycles. The number of carbonyl (C=O) groups excluding carboxylic acids is 2. The summed E-state index contributed by atoms with van der Waals surface area (Å²) >= 11 is 1.60. The van der Waals surface area contributed by atoms with E-state index in [4.69, 9.17) is 4.74 Å². The lowest BCUT2D eigenvalue weighted by molar-refractivity contribution is 0.0144. The summed E-state index contributed by atoms with van der Waals surface area (Å²) in [5.74, 6) is -0.168. The Labute approximate surface area is 175 Å². The van der Waals surface area contributed by atoms with Crippen LogP contribution in [0.1, 0.15) is 37.7 Å². The summed E-state index contributed by atoms with van der Waals surface area (Å²) < 4.78 is 5.42. The molecule has 8 nitrogen and oxygen atoms in total. The molecule has 158 valence electrons. The minimum absolute atomic E-state index is 0.168. The van der Waals surface area contributed by atoms with Crippen LogP contribution in [-0.2, 0) is 4.74 Å². The Bertz CT molecular complexity index is 804. The number of H-pyrrole nitrogens is 1. The first kappa shape index (κ1) is 21.3. The standard InChI is InChI=1S/C20H29N5O3S/c1-20(2,3)28-19(27)25-11-9-24(10-12-25)8-5-7-21-18(26)16-14-15(22-23-16)17-6-4-13-29-17/h4,6,13-14H,5,7-12H2,1-3H3,(H,21,26)(H,22,23). The largest absolute Gasteiger partial charge is 0.444 e. The van der Waals surface area contributed by atoms with Crippen molar-refractivity contribution in [3.63, 3.8) is 0 Å². The van der Waals surface area contributed by atoms with E-state index >= 15 is 0 Å². The van der Waals surface area contributed by atoms with Gasteiger partial charge in [0.15, 0.2) is 5.69 Å². The van der Waals surface area contributed by atoms with Crippen molar-refractivity contribution in [2.45, 2.75) is 32.8 Å². The van der Waals surface area contributed by atoms with E-state index in [9.17, 15) is 9.59 Å². The second kappa shape index (κ2) is 9.41. The van der Waals surface area contributed by atoms with Gasteiger partial charge in [-0.2, -0.15) is 5.10 Å². The highest BCUT2D eigenvalue weighted by molar-refractivity contribution is 7.13. The van der Waals surface area contributed by atoms with E-state index in [-0.39, 0.29) is 12.0 Å². The number of hydrogen-bond donors (Lipinski definition) is 2. The van der Waals surface area contributed by atoms with Gasteiger partial charge < -0.3 is 15.0 Å². The normalized spacial score (nSPS) is 15.3. The third-order valence-electron chi connectivity index (χ3n) is 4.56. The Morgan fingerprint density at radius 1 is 1.28 bits per heavy atom. The van der Waals surface area contributed by atoms with Gasteiger partial charge in [-0.1, -0.05) is 6.07 Å². The van der Waals surface area contributed by atoms with E-state index in [1.165, 1.54) is 0 Å². The number of amides is 2. The number of carbonyl (C=O) groups is 2. The minimum atomic E-state index is -0.467. The number of aromatic nitrogens is 2. The summed E-state index contributed by atoms with van der Waals surface area (Å²) in [7, 11) is 0. The second-order valence-electron chi connectivity index (χ2n) is 8.06. The maximum absolute atomic E-state index is 12.2. The number of nitrogens with zero attached hydrogens (tertiary/aromatic N) is 3. The zero-order chi connectivity index (χ0) is 20.9. The molecule has 29 heavy (non-hydrogen) atoms. The van der Waals surface area contributed by atoms with E-state index in [1.54, 1.807) is 22.3 Å². The van der Waals surface area contributed by atoms with Gasteiger partial charge in [-0.25, -0.2) is 4.79 Å².